The van der Waals surface area contributed by atoms with Gasteiger partial charge >= 0.3 is 0 Å². The molecule has 8 rings (SSSR count). The minimum atomic E-state index is -0.330. The Bertz CT molecular complexity index is 1580. The topological polar surface area (TPSA) is 148 Å². The van der Waals surface area contributed by atoms with E-state index in [0.29, 0.717) is 42.3 Å². The van der Waals surface area contributed by atoms with Crippen molar-refractivity contribution in [3.05, 3.63) is 46.0 Å². The summed E-state index contributed by atoms with van der Waals surface area (Å²) in [4.78, 5) is 19.5. The first-order valence-electron chi connectivity index (χ1n) is 19.2. The normalized spacial score (nSPS) is 42.1. The zero-order valence-electron chi connectivity index (χ0n) is 29.7. The van der Waals surface area contributed by atoms with Crippen LogP contribution in [0.2, 0.25) is 0 Å². The molecule has 8 nitrogen and oxygen atoms in total. The summed E-state index contributed by atoms with van der Waals surface area (Å²) in [7, 11) is 7.59. The van der Waals surface area contributed by atoms with E-state index in [4.69, 9.17) is 10.7 Å². The van der Waals surface area contributed by atoms with Gasteiger partial charge in [0.25, 0.3) is 0 Å². The molecule has 1 aromatic carbocycles. The number of benzene rings is 1. The average molecular weight is 774 g/mol. The molecule has 7 N–H and O–H groups in total. The molecule has 10 bridgehead atoms. The van der Waals surface area contributed by atoms with Gasteiger partial charge in [0.05, 0.1) is 24.0 Å². The highest BCUT2D eigenvalue weighted by Crippen LogP contribution is 2.76. The highest BCUT2D eigenvalue weighted by Gasteiger charge is 2.70. The number of aliphatic hydroxyl groups is 4. The van der Waals surface area contributed by atoms with E-state index < -0.39 is 0 Å². The average Bonchev–Trinajstić information content (AvgIpc) is 3.46. The maximum absolute atomic E-state index is 14.6. The van der Waals surface area contributed by atoms with Gasteiger partial charge in [0.1, 0.15) is 0 Å². The molecule has 3 fully saturated rings. The standard InChI is InChI=1S/C39H55N3O5S4/c1-37-8-10-48-51-35-7-6-27-28-13-23(4-5-24(28)18-44)34(20-46)50-49-21-22(15-39(35)32(27)17-41-36(40)42-39)11-29-31-14-26(37)12-25(19-45)30(3-2-9-43)38(31,37)16-33(29)47/h4-5,13,22,25-27,30,32,34-35,43-46H,2-3,6-12,14-21H2,1H3,(H3,40,41,42)/t22-,25-,26-,27-,30-,32-,34-,35-,37+,38+,39-/m1/s1. The number of allylic oxidation sites excluding steroid dienone is 2. The number of ketones is 1. The van der Waals surface area contributed by atoms with Crippen molar-refractivity contribution in [3.63, 3.8) is 0 Å². The zero-order valence-corrected chi connectivity index (χ0v) is 33.0. The zero-order chi connectivity index (χ0) is 35.5. The van der Waals surface area contributed by atoms with Gasteiger partial charge in [0.2, 0.25) is 0 Å². The Labute approximate surface area is 318 Å². The second-order valence-corrected chi connectivity index (χ2v) is 22.1. The molecule has 51 heavy (non-hydrogen) atoms. The van der Waals surface area contributed by atoms with Gasteiger partial charge < -0.3 is 31.5 Å². The molecule has 1 aromatic rings. The Morgan fingerprint density at radius 1 is 1.08 bits per heavy atom. The van der Waals surface area contributed by atoms with Crippen LogP contribution in [0.1, 0.15) is 99.0 Å². The Morgan fingerprint density at radius 3 is 2.73 bits per heavy atom. The van der Waals surface area contributed by atoms with E-state index in [-0.39, 0.29) is 77.6 Å². The van der Waals surface area contributed by atoms with E-state index >= 15 is 0 Å². The molecule has 0 aromatic heterocycles. The Morgan fingerprint density at radius 2 is 1.94 bits per heavy atom. The van der Waals surface area contributed by atoms with Crippen LogP contribution in [0, 0.1) is 40.4 Å². The Balaban J connectivity index is 1.27. The monoisotopic (exact) mass is 773 g/mol. The lowest BCUT2D eigenvalue weighted by Gasteiger charge is -2.57. The SMILES string of the molecule is C[C@]12CCSS[C@@H]3CC[C@@H]4c5cc(ccc5CO)[C@@H](CO)SSC[C@H](CC5=C6C[C@H]1C[C@H](CO)[C@@H](CCCO)[C@@]62CC5=O)C[C@]31NC(N)=NC[C@H]41. The van der Waals surface area contributed by atoms with Gasteiger partial charge in [-0.25, -0.2) is 0 Å². The smallest absolute Gasteiger partial charge is 0.189 e. The number of Topliss-reactive ketones (excluding diaryl/α,β-unsaturated/α-hetero) is 1. The van der Waals surface area contributed by atoms with Gasteiger partial charge in [0, 0.05) is 54.3 Å². The molecule has 3 aliphatic heterocycles. The molecule has 3 saturated carbocycles. The van der Waals surface area contributed by atoms with E-state index in [1.54, 1.807) is 10.8 Å². The highest BCUT2D eigenvalue weighted by molar-refractivity contribution is 8.77. The second-order valence-electron chi connectivity index (χ2n) is 16.8. The molecule has 0 radical (unpaired) electrons. The van der Waals surface area contributed by atoms with Crippen LogP contribution >= 0.6 is 43.2 Å². The molecule has 0 amide bonds. The fourth-order valence-corrected chi connectivity index (χ4v) is 18.7. The van der Waals surface area contributed by atoms with E-state index in [1.165, 1.54) is 11.1 Å². The minimum absolute atomic E-state index is 0.0238. The van der Waals surface area contributed by atoms with Gasteiger partial charge in [-0.1, -0.05) is 73.9 Å². The van der Waals surface area contributed by atoms with Crippen LogP contribution in [0.25, 0.3) is 0 Å². The lowest BCUT2D eigenvalue weighted by molar-refractivity contribution is -0.125. The number of carbonyl (C=O) groups excluding carboxylic acids is 1. The van der Waals surface area contributed by atoms with E-state index in [1.807, 2.05) is 32.4 Å². The molecule has 11 atom stereocenters. The summed E-state index contributed by atoms with van der Waals surface area (Å²) in [6, 6.07) is 6.39. The third-order valence-corrected chi connectivity index (χ3v) is 20.7. The van der Waals surface area contributed by atoms with Gasteiger partial charge in [-0.05, 0) is 115 Å². The van der Waals surface area contributed by atoms with Crippen LogP contribution in [0.3, 0.4) is 0 Å². The summed E-state index contributed by atoms with van der Waals surface area (Å²) < 4.78 is 0. The highest BCUT2D eigenvalue weighted by atomic mass is 33.1. The largest absolute Gasteiger partial charge is 0.396 e. The number of guanidine groups is 1. The van der Waals surface area contributed by atoms with Crippen molar-refractivity contribution in [3.8, 4) is 0 Å². The first kappa shape index (κ1) is 37.1. The third kappa shape index (κ3) is 5.89. The fourth-order valence-electron chi connectivity index (χ4n) is 12.5. The van der Waals surface area contributed by atoms with Crippen LogP contribution in [0.4, 0.5) is 0 Å². The third-order valence-electron chi connectivity index (χ3n) is 14.8. The molecule has 7 aliphatic rings. The molecule has 12 heteroatoms. The first-order chi connectivity index (χ1) is 24.7. The number of fused-ring (bicyclic) bond motifs is 4. The number of nitrogens with two attached hydrogens (primary N) is 1. The lowest BCUT2D eigenvalue weighted by atomic mass is 9.47. The van der Waals surface area contributed by atoms with Crippen LogP contribution in [-0.4, -0.2) is 80.8 Å². The molecule has 4 aliphatic carbocycles. The number of nitrogens with zero attached hydrogens (tertiary/aromatic N) is 1. The van der Waals surface area contributed by atoms with Crippen LogP contribution in [-0.2, 0) is 11.4 Å². The molecule has 0 saturated heterocycles. The van der Waals surface area contributed by atoms with E-state index in [0.717, 1.165) is 79.6 Å². The molecule has 280 valence electrons. The summed E-state index contributed by atoms with van der Waals surface area (Å²) in [6.45, 7) is 3.41. The number of nitrogens with one attached hydrogen (secondary N) is 1. The maximum atomic E-state index is 14.6. The molecule has 0 unspecified atom stereocenters. The first-order valence-corrected chi connectivity index (χ1v) is 24.0. The predicted molar refractivity (Wildman–Crippen MR) is 212 cm³/mol. The van der Waals surface area contributed by atoms with E-state index in [2.05, 4.69) is 30.4 Å². The molecule has 3 heterocycles. The number of hydrogen-bond donors (Lipinski definition) is 6. The quantitative estimate of drug-likeness (QED) is 0.190. The number of aliphatic hydroxyl groups excluding tert-OH is 4. The minimum Gasteiger partial charge on any atom is -0.396 e. The molecule has 2 spiro atoms. The molecular weight excluding hydrogens is 719 g/mol. The maximum Gasteiger partial charge on any atom is 0.189 e. The van der Waals surface area contributed by atoms with Gasteiger partial charge in [0.15, 0.2) is 11.7 Å². The van der Waals surface area contributed by atoms with Gasteiger partial charge in [-0.15, -0.1) is 0 Å². The van der Waals surface area contributed by atoms with Crippen molar-refractivity contribution in [2.75, 3.05) is 37.9 Å². The Kier molecular flexibility index (Phi) is 10.7. The summed E-state index contributed by atoms with van der Waals surface area (Å²) in [5.41, 5.74) is 11.7. The molecular formula is C39H55N3O5S4. The van der Waals surface area contributed by atoms with Crippen molar-refractivity contribution in [1.29, 1.82) is 0 Å². The number of rotatable bonds is 6. The van der Waals surface area contributed by atoms with E-state index in [9.17, 15) is 25.2 Å². The lowest BCUT2D eigenvalue weighted by Crippen LogP contribution is -2.68. The number of hydrogen-bond acceptors (Lipinski definition) is 12. The number of aliphatic imine (C=N–C) groups is 1. The fraction of sp³-hybridized carbons (Fsp3) is 0.744. The second kappa shape index (κ2) is 14.7. The van der Waals surface area contributed by atoms with Crippen molar-refractivity contribution in [1.82, 2.24) is 5.32 Å². The summed E-state index contributed by atoms with van der Waals surface area (Å²) in [5, 5.41) is 46.0. The van der Waals surface area contributed by atoms with Crippen molar-refractivity contribution >= 4 is 54.9 Å². The summed E-state index contributed by atoms with van der Waals surface area (Å²) in [6.07, 6.45) is 8.73. The van der Waals surface area contributed by atoms with Crippen molar-refractivity contribution in [2.24, 2.45) is 51.1 Å². The van der Waals surface area contributed by atoms with Crippen molar-refractivity contribution < 1.29 is 25.2 Å². The van der Waals surface area contributed by atoms with Gasteiger partial charge in [-0.2, -0.15) is 0 Å². The van der Waals surface area contributed by atoms with Crippen molar-refractivity contribution in [2.45, 2.75) is 99.7 Å². The van der Waals surface area contributed by atoms with Crippen LogP contribution in [0.5, 0.6) is 0 Å². The predicted octanol–water partition coefficient (Wildman–Crippen LogP) is 5.99. The van der Waals surface area contributed by atoms with Crippen LogP contribution in [0.15, 0.2) is 34.3 Å². The summed E-state index contributed by atoms with van der Waals surface area (Å²) in [5.74, 6) is 4.04. The van der Waals surface area contributed by atoms with Crippen LogP contribution < -0.4 is 11.1 Å². The van der Waals surface area contributed by atoms with Gasteiger partial charge in [-0.3, -0.25) is 9.79 Å². The summed E-state index contributed by atoms with van der Waals surface area (Å²) >= 11 is 0. The Hall–Kier alpha value is -0.860. The number of carbonyl (C=O) groups is 1.